The van der Waals surface area contributed by atoms with E-state index in [2.05, 4.69) is 9.97 Å². The van der Waals surface area contributed by atoms with E-state index in [1.165, 1.54) is 11.3 Å². The number of ether oxygens (including phenoxy) is 2. The summed E-state index contributed by atoms with van der Waals surface area (Å²) < 4.78 is 15.1. The van der Waals surface area contributed by atoms with Crippen LogP contribution in [-0.4, -0.2) is 60.9 Å². The number of amides is 1. The number of rotatable bonds is 10. The molecule has 0 aliphatic carbocycles. The van der Waals surface area contributed by atoms with Gasteiger partial charge in [0, 0.05) is 31.2 Å². The predicted molar refractivity (Wildman–Crippen MR) is 155 cm³/mol. The zero-order valence-electron chi connectivity index (χ0n) is 22.9. The average Bonchev–Trinajstić information content (AvgIpc) is 3.74. The summed E-state index contributed by atoms with van der Waals surface area (Å²) in [5.74, 6) is -0.487. The molecule has 3 aromatic heterocycles. The van der Waals surface area contributed by atoms with Gasteiger partial charge in [-0.25, -0.2) is 9.97 Å². The van der Waals surface area contributed by atoms with Gasteiger partial charge in [-0.05, 0) is 50.1 Å². The minimum absolute atomic E-state index is 0.0424. The predicted octanol–water partition coefficient (Wildman–Crippen LogP) is 5.13. The smallest absolute Gasteiger partial charge is 0.290 e. The number of carbonyl (C=O) groups is 2. The van der Waals surface area contributed by atoms with Crippen LogP contribution in [0.5, 0.6) is 11.5 Å². The van der Waals surface area contributed by atoms with Gasteiger partial charge in [-0.3, -0.25) is 14.0 Å². The molecule has 0 spiro atoms. The molecule has 1 unspecified atom stereocenters. The van der Waals surface area contributed by atoms with Crippen molar-refractivity contribution in [3.8, 4) is 11.5 Å². The highest BCUT2D eigenvalue weighted by molar-refractivity contribution is 7.19. The van der Waals surface area contributed by atoms with Gasteiger partial charge in [0.2, 0.25) is 5.78 Å². The molecule has 0 radical (unpaired) electrons. The summed E-state index contributed by atoms with van der Waals surface area (Å²) in [7, 11) is 1.54. The zero-order valence-corrected chi connectivity index (χ0v) is 23.7. The molecule has 11 heteroatoms. The number of imidazole rings is 2. The number of nitrogens with zero attached hydrogens (tertiary/aromatic N) is 5. The highest BCUT2D eigenvalue weighted by Gasteiger charge is 2.44. The van der Waals surface area contributed by atoms with Crippen LogP contribution in [0.25, 0.3) is 16.0 Å². The number of methoxy groups -OCH3 is 1. The molecule has 0 saturated carbocycles. The highest BCUT2D eigenvalue weighted by Crippen LogP contribution is 2.43. The minimum Gasteiger partial charge on any atom is -0.503 e. The molecule has 41 heavy (non-hydrogen) atoms. The van der Waals surface area contributed by atoms with Crippen LogP contribution in [0.15, 0.2) is 72.5 Å². The summed E-state index contributed by atoms with van der Waals surface area (Å²) in [5, 5.41) is 11.2. The van der Waals surface area contributed by atoms with Crippen LogP contribution in [0.3, 0.4) is 0 Å². The maximum atomic E-state index is 14.2. The van der Waals surface area contributed by atoms with E-state index in [9.17, 15) is 14.7 Å². The summed E-state index contributed by atoms with van der Waals surface area (Å²) in [6.45, 7) is 5.14. The number of hydrogen-bond acceptors (Lipinski definition) is 8. The second kappa shape index (κ2) is 10.7. The fourth-order valence-electron chi connectivity index (χ4n) is 5.43. The Morgan fingerprint density at radius 1 is 1.15 bits per heavy atom. The molecule has 1 aliphatic heterocycles. The summed E-state index contributed by atoms with van der Waals surface area (Å²) >= 11 is 1.25. The second-order valence-corrected chi connectivity index (χ2v) is 10.7. The van der Waals surface area contributed by atoms with Crippen LogP contribution in [0.4, 0.5) is 0 Å². The van der Waals surface area contributed by atoms with Crippen molar-refractivity contribution in [1.82, 2.24) is 23.8 Å². The summed E-state index contributed by atoms with van der Waals surface area (Å²) in [5.41, 5.74) is 3.12. The molecular formula is C30H29N5O5S. The Morgan fingerprint density at radius 2 is 1.98 bits per heavy atom. The fourth-order valence-corrected chi connectivity index (χ4v) is 6.53. The minimum atomic E-state index is -0.812. The standard InChI is InChI=1S/C30H29N5O5S/c1-4-40-22-11-10-19(16-23(22)39-3)25-24(27(37)29(38)34(25)14-7-13-33-15-12-31-17-33)26(36)28-18(2)35-21-9-6-5-8-20(21)32-30(35)41-28/h5-6,8-12,15-17,25,37H,4,7,13-14H2,1-3H3. The van der Waals surface area contributed by atoms with E-state index in [1.807, 2.05) is 59.3 Å². The van der Waals surface area contributed by atoms with Crippen molar-refractivity contribution in [2.24, 2.45) is 0 Å². The fraction of sp³-hybridized carbons (Fsp3) is 0.267. The van der Waals surface area contributed by atoms with Crippen LogP contribution >= 0.6 is 11.3 Å². The van der Waals surface area contributed by atoms with E-state index in [0.29, 0.717) is 58.7 Å². The van der Waals surface area contributed by atoms with Gasteiger partial charge < -0.3 is 24.0 Å². The van der Waals surface area contributed by atoms with Gasteiger partial charge in [0.05, 0.1) is 47.6 Å². The molecule has 1 aliphatic rings. The number of fused-ring (bicyclic) bond motifs is 3. The number of aromatic nitrogens is 4. The molecule has 10 nitrogen and oxygen atoms in total. The quantitative estimate of drug-likeness (QED) is 0.231. The van der Waals surface area contributed by atoms with Crippen molar-refractivity contribution < 1.29 is 24.2 Å². The normalized spacial score (nSPS) is 15.4. The Labute approximate surface area is 240 Å². The van der Waals surface area contributed by atoms with Gasteiger partial charge in [0.15, 0.2) is 22.2 Å². The van der Waals surface area contributed by atoms with Crippen LogP contribution in [0, 0.1) is 6.92 Å². The first-order valence-corrected chi connectivity index (χ1v) is 14.2. The number of hydrogen-bond donors (Lipinski definition) is 1. The van der Waals surface area contributed by atoms with Gasteiger partial charge >= 0.3 is 0 Å². The van der Waals surface area contributed by atoms with E-state index >= 15 is 0 Å². The SMILES string of the molecule is CCOc1ccc(C2C(C(=O)c3sc4nc5ccccc5n4c3C)=C(O)C(=O)N2CCCn2ccnc2)cc1OC. The molecule has 0 fully saturated rings. The third kappa shape index (κ3) is 4.51. The Morgan fingerprint density at radius 3 is 2.73 bits per heavy atom. The lowest BCUT2D eigenvalue weighted by atomic mass is 9.94. The zero-order chi connectivity index (χ0) is 28.7. The number of aryl methyl sites for hydroxylation is 2. The summed E-state index contributed by atoms with van der Waals surface area (Å²) in [6, 6.07) is 12.3. The van der Waals surface area contributed by atoms with E-state index in [0.717, 1.165) is 11.0 Å². The Balaban J connectivity index is 1.42. The van der Waals surface area contributed by atoms with Crippen LogP contribution < -0.4 is 9.47 Å². The van der Waals surface area contributed by atoms with Crippen molar-refractivity contribution in [1.29, 1.82) is 0 Å². The molecule has 2 aromatic carbocycles. The number of para-hydroxylation sites is 2. The van der Waals surface area contributed by atoms with Crippen LogP contribution in [-0.2, 0) is 11.3 Å². The van der Waals surface area contributed by atoms with E-state index < -0.39 is 23.5 Å². The van der Waals surface area contributed by atoms with Crippen molar-refractivity contribution in [2.75, 3.05) is 20.3 Å². The summed E-state index contributed by atoms with van der Waals surface area (Å²) in [4.78, 5) is 39.2. The molecule has 0 saturated heterocycles. The van der Waals surface area contributed by atoms with Crippen molar-refractivity contribution in [3.05, 3.63) is 88.7 Å². The third-order valence-electron chi connectivity index (χ3n) is 7.32. The summed E-state index contributed by atoms with van der Waals surface area (Å²) in [6.07, 6.45) is 5.86. The molecule has 4 heterocycles. The maximum absolute atomic E-state index is 14.2. The third-order valence-corrected chi connectivity index (χ3v) is 8.46. The lowest BCUT2D eigenvalue weighted by Crippen LogP contribution is -2.32. The van der Waals surface area contributed by atoms with Crippen LogP contribution in [0.2, 0.25) is 0 Å². The lowest BCUT2D eigenvalue weighted by molar-refractivity contribution is -0.129. The molecule has 1 atom stereocenters. The molecular weight excluding hydrogens is 542 g/mol. The van der Waals surface area contributed by atoms with E-state index in [1.54, 1.807) is 36.7 Å². The molecule has 6 rings (SSSR count). The molecule has 5 aromatic rings. The van der Waals surface area contributed by atoms with Crippen molar-refractivity contribution >= 4 is 39.0 Å². The van der Waals surface area contributed by atoms with Crippen molar-refractivity contribution in [2.45, 2.75) is 32.9 Å². The first kappa shape index (κ1) is 26.6. The number of aliphatic hydroxyl groups is 1. The molecule has 0 bridgehead atoms. The first-order chi connectivity index (χ1) is 19.9. The van der Waals surface area contributed by atoms with Crippen LogP contribution in [0.1, 0.15) is 40.3 Å². The number of benzene rings is 2. The Kier molecular flexibility index (Phi) is 6.96. The highest BCUT2D eigenvalue weighted by atomic mass is 32.1. The number of ketones is 1. The second-order valence-electron chi connectivity index (χ2n) is 9.72. The first-order valence-electron chi connectivity index (χ1n) is 13.3. The van der Waals surface area contributed by atoms with Gasteiger partial charge in [0.25, 0.3) is 5.91 Å². The molecule has 1 N–H and O–H groups in total. The topological polar surface area (TPSA) is 111 Å². The average molecular weight is 572 g/mol. The monoisotopic (exact) mass is 571 g/mol. The Hall–Kier alpha value is -4.64. The number of thiazole rings is 1. The Bertz CT molecular complexity index is 1800. The van der Waals surface area contributed by atoms with Gasteiger partial charge in [-0.2, -0.15) is 0 Å². The number of Topliss-reactive ketones (excluding diaryl/α,β-unsaturated/α-hetero) is 1. The largest absolute Gasteiger partial charge is 0.503 e. The van der Waals surface area contributed by atoms with E-state index in [4.69, 9.17) is 9.47 Å². The van der Waals surface area contributed by atoms with Crippen molar-refractivity contribution in [3.63, 3.8) is 0 Å². The maximum Gasteiger partial charge on any atom is 0.290 e. The lowest BCUT2D eigenvalue weighted by Gasteiger charge is -2.27. The van der Waals surface area contributed by atoms with E-state index in [-0.39, 0.29) is 5.57 Å². The van der Waals surface area contributed by atoms with Gasteiger partial charge in [-0.15, -0.1) is 0 Å². The van der Waals surface area contributed by atoms with Gasteiger partial charge in [-0.1, -0.05) is 29.5 Å². The molecule has 1 amide bonds. The number of aliphatic hydroxyl groups excluding tert-OH is 1. The number of carbonyl (C=O) groups excluding carboxylic acids is 2. The molecule has 210 valence electrons. The van der Waals surface area contributed by atoms with Gasteiger partial charge in [0.1, 0.15) is 0 Å².